The molecule has 5 heteroatoms. The number of amides is 1. The van der Waals surface area contributed by atoms with Crippen molar-refractivity contribution in [3.05, 3.63) is 18.2 Å². The van der Waals surface area contributed by atoms with Gasteiger partial charge in [0.1, 0.15) is 5.75 Å². The van der Waals surface area contributed by atoms with Crippen LogP contribution in [0.4, 0.5) is 11.4 Å². The van der Waals surface area contributed by atoms with Crippen LogP contribution in [0.15, 0.2) is 18.2 Å². The number of hydrogen-bond donors (Lipinski definition) is 2. The molecule has 0 bridgehead atoms. The molecule has 0 aliphatic carbocycles. The molecule has 1 aliphatic heterocycles. The molecular formula is C14H21N3O2. The van der Waals surface area contributed by atoms with Gasteiger partial charge < -0.3 is 21.1 Å². The van der Waals surface area contributed by atoms with Crippen molar-refractivity contribution < 1.29 is 9.53 Å². The van der Waals surface area contributed by atoms with Crippen molar-refractivity contribution in [2.75, 3.05) is 30.8 Å². The molecule has 0 aromatic heterocycles. The van der Waals surface area contributed by atoms with E-state index in [1.807, 2.05) is 18.2 Å². The SMILES string of the molecule is COc1ccc(N)c(N2CCC(CC(N)=O)CC2)c1. The molecular weight excluding hydrogens is 242 g/mol. The highest BCUT2D eigenvalue weighted by molar-refractivity contribution is 5.74. The predicted molar refractivity (Wildman–Crippen MR) is 76.2 cm³/mol. The van der Waals surface area contributed by atoms with E-state index in [2.05, 4.69) is 4.90 Å². The van der Waals surface area contributed by atoms with Crippen LogP contribution in [0.2, 0.25) is 0 Å². The summed E-state index contributed by atoms with van der Waals surface area (Å²) >= 11 is 0. The molecule has 1 saturated heterocycles. The minimum Gasteiger partial charge on any atom is -0.497 e. The van der Waals surface area contributed by atoms with E-state index in [1.165, 1.54) is 0 Å². The van der Waals surface area contributed by atoms with Gasteiger partial charge in [-0.1, -0.05) is 0 Å². The Kier molecular flexibility index (Phi) is 4.14. The number of ether oxygens (including phenoxy) is 1. The third-order valence-corrected chi connectivity index (χ3v) is 3.68. The molecule has 1 aromatic carbocycles. The third-order valence-electron chi connectivity index (χ3n) is 3.68. The van der Waals surface area contributed by atoms with Crippen molar-refractivity contribution in [2.24, 2.45) is 11.7 Å². The fourth-order valence-corrected chi connectivity index (χ4v) is 2.59. The third kappa shape index (κ3) is 3.30. The molecule has 1 fully saturated rings. The number of nitrogen functional groups attached to an aromatic ring is 1. The van der Waals surface area contributed by atoms with Gasteiger partial charge in [0.2, 0.25) is 5.91 Å². The van der Waals surface area contributed by atoms with E-state index >= 15 is 0 Å². The van der Waals surface area contributed by atoms with E-state index in [-0.39, 0.29) is 5.91 Å². The zero-order valence-corrected chi connectivity index (χ0v) is 11.3. The zero-order chi connectivity index (χ0) is 13.8. The summed E-state index contributed by atoms with van der Waals surface area (Å²) in [7, 11) is 1.65. The molecule has 1 heterocycles. The Bertz CT molecular complexity index is 454. The van der Waals surface area contributed by atoms with Crippen LogP contribution in [0.1, 0.15) is 19.3 Å². The second kappa shape index (κ2) is 5.82. The lowest BCUT2D eigenvalue weighted by molar-refractivity contribution is -0.119. The molecule has 104 valence electrons. The van der Waals surface area contributed by atoms with Crippen LogP contribution in [0, 0.1) is 5.92 Å². The summed E-state index contributed by atoms with van der Waals surface area (Å²) in [5.41, 5.74) is 13.0. The number of nitrogens with two attached hydrogens (primary N) is 2. The van der Waals surface area contributed by atoms with Crippen molar-refractivity contribution in [1.82, 2.24) is 0 Å². The number of anilines is 2. The molecule has 1 aliphatic rings. The highest BCUT2D eigenvalue weighted by Gasteiger charge is 2.22. The Morgan fingerprint density at radius 2 is 2.11 bits per heavy atom. The fourth-order valence-electron chi connectivity index (χ4n) is 2.59. The van der Waals surface area contributed by atoms with Gasteiger partial charge in [0.05, 0.1) is 18.5 Å². The van der Waals surface area contributed by atoms with E-state index in [1.54, 1.807) is 7.11 Å². The summed E-state index contributed by atoms with van der Waals surface area (Å²) in [5, 5.41) is 0. The largest absolute Gasteiger partial charge is 0.497 e. The standard InChI is InChI=1S/C14H21N3O2/c1-19-11-2-3-12(15)13(9-11)17-6-4-10(5-7-17)8-14(16)18/h2-3,9-10H,4-8,15H2,1H3,(H2,16,18). The zero-order valence-electron chi connectivity index (χ0n) is 11.3. The topological polar surface area (TPSA) is 81.6 Å². The van der Waals surface area contributed by atoms with Gasteiger partial charge in [0.15, 0.2) is 0 Å². The van der Waals surface area contributed by atoms with E-state index < -0.39 is 0 Å². The van der Waals surface area contributed by atoms with Crippen LogP contribution in [-0.2, 0) is 4.79 Å². The number of carbonyl (C=O) groups is 1. The number of piperidine rings is 1. The number of methoxy groups -OCH3 is 1. The summed E-state index contributed by atoms with van der Waals surface area (Å²) < 4.78 is 5.23. The summed E-state index contributed by atoms with van der Waals surface area (Å²) in [6.45, 7) is 1.80. The molecule has 0 atom stereocenters. The molecule has 1 amide bonds. The van der Waals surface area contributed by atoms with Gasteiger partial charge >= 0.3 is 0 Å². The maximum absolute atomic E-state index is 10.9. The predicted octanol–water partition coefficient (Wildman–Crippen LogP) is 1.37. The average Bonchev–Trinajstić information content (AvgIpc) is 2.40. The van der Waals surface area contributed by atoms with Gasteiger partial charge in [-0.05, 0) is 30.9 Å². The minimum atomic E-state index is -0.209. The van der Waals surface area contributed by atoms with Crippen molar-refractivity contribution in [1.29, 1.82) is 0 Å². The number of rotatable bonds is 4. The molecule has 1 aromatic rings. The van der Waals surface area contributed by atoms with Crippen molar-refractivity contribution in [2.45, 2.75) is 19.3 Å². The molecule has 0 radical (unpaired) electrons. The molecule has 5 nitrogen and oxygen atoms in total. The van der Waals surface area contributed by atoms with Crippen LogP contribution in [0.25, 0.3) is 0 Å². The Morgan fingerprint density at radius 3 is 2.68 bits per heavy atom. The van der Waals surface area contributed by atoms with Gasteiger partial charge in [0, 0.05) is 25.6 Å². The minimum absolute atomic E-state index is 0.209. The highest BCUT2D eigenvalue weighted by Crippen LogP contribution is 2.32. The Labute approximate surface area is 113 Å². The Balaban J connectivity index is 2.03. The van der Waals surface area contributed by atoms with Crippen LogP contribution in [-0.4, -0.2) is 26.1 Å². The molecule has 2 rings (SSSR count). The van der Waals surface area contributed by atoms with Crippen LogP contribution in [0.3, 0.4) is 0 Å². The average molecular weight is 263 g/mol. The van der Waals surface area contributed by atoms with Crippen LogP contribution < -0.4 is 21.1 Å². The van der Waals surface area contributed by atoms with Crippen LogP contribution >= 0.6 is 0 Å². The molecule has 0 unspecified atom stereocenters. The van der Waals surface area contributed by atoms with E-state index in [4.69, 9.17) is 16.2 Å². The number of benzene rings is 1. The number of primary amides is 1. The maximum Gasteiger partial charge on any atom is 0.217 e. The first-order chi connectivity index (χ1) is 9.10. The van der Waals surface area contributed by atoms with E-state index in [0.29, 0.717) is 12.3 Å². The Hall–Kier alpha value is -1.91. The normalized spacial score (nSPS) is 16.4. The second-order valence-electron chi connectivity index (χ2n) is 5.03. The van der Waals surface area contributed by atoms with Crippen molar-refractivity contribution in [3.8, 4) is 5.75 Å². The smallest absolute Gasteiger partial charge is 0.217 e. The van der Waals surface area contributed by atoms with Crippen molar-refractivity contribution in [3.63, 3.8) is 0 Å². The summed E-state index contributed by atoms with van der Waals surface area (Å²) in [5.74, 6) is 1.00. The first-order valence-electron chi connectivity index (χ1n) is 6.57. The van der Waals surface area contributed by atoms with Gasteiger partial charge in [-0.3, -0.25) is 4.79 Å². The van der Waals surface area contributed by atoms with Gasteiger partial charge in [0.25, 0.3) is 0 Å². The monoisotopic (exact) mass is 263 g/mol. The highest BCUT2D eigenvalue weighted by atomic mass is 16.5. The molecule has 4 N–H and O–H groups in total. The van der Waals surface area contributed by atoms with Gasteiger partial charge in [-0.25, -0.2) is 0 Å². The van der Waals surface area contributed by atoms with Crippen LogP contribution in [0.5, 0.6) is 5.75 Å². The first kappa shape index (κ1) is 13.5. The number of nitrogens with zero attached hydrogens (tertiary/aromatic N) is 1. The Morgan fingerprint density at radius 1 is 1.42 bits per heavy atom. The number of hydrogen-bond acceptors (Lipinski definition) is 4. The molecule has 19 heavy (non-hydrogen) atoms. The molecule has 0 saturated carbocycles. The quantitative estimate of drug-likeness (QED) is 0.804. The van der Waals surface area contributed by atoms with E-state index in [0.717, 1.165) is 43.1 Å². The van der Waals surface area contributed by atoms with Gasteiger partial charge in [-0.15, -0.1) is 0 Å². The van der Waals surface area contributed by atoms with Gasteiger partial charge in [-0.2, -0.15) is 0 Å². The summed E-state index contributed by atoms with van der Waals surface area (Å²) in [4.78, 5) is 13.2. The lowest BCUT2D eigenvalue weighted by Crippen LogP contribution is -2.35. The van der Waals surface area contributed by atoms with E-state index in [9.17, 15) is 4.79 Å². The summed E-state index contributed by atoms with van der Waals surface area (Å²) in [6, 6.07) is 5.69. The lowest BCUT2D eigenvalue weighted by Gasteiger charge is -2.34. The maximum atomic E-state index is 10.9. The van der Waals surface area contributed by atoms with Crippen molar-refractivity contribution >= 4 is 17.3 Å². The fraction of sp³-hybridized carbons (Fsp3) is 0.500. The second-order valence-corrected chi connectivity index (χ2v) is 5.03. The number of carbonyl (C=O) groups excluding carboxylic acids is 1. The lowest BCUT2D eigenvalue weighted by atomic mass is 9.93. The summed E-state index contributed by atoms with van der Waals surface area (Å²) in [6.07, 6.45) is 2.43. The first-order valence-corrected chi connectivity index (χ1v) is 6.57. The molecule has 0 spiro atoms.